The average Bonchev–Trinajstić information content (AvgIpc) is 3.16. The zero-order chi connectivity index (χ0) is 23.4. The molecule has 4 heterocycles. The minimum atomic E-state index is 0.0259. The SMILES string of the molecule is C[C@H]1CN(c2ncnc3c2C2(CCC2)CN3c2cc(C#N)ccn2)[C@@H](C)CN1C(=O)C1CCC1. The molecule has 8 nitrogen and oxygen atoms in total. The first-order valence-corrected chi connectivity index (χ1v) is 12.6. The van der Waals surface area contributed by atoms with Crippen LogP contribution in [0.5, 0.6) is 0 Å². The highest BCUT2D eigenvalue weighted by Crippen LogP contribution is 2.56. The van der Waals surface area contributed by atoms with Gasteiger partial charge in [-0.25, -0.2) is 15.0 Å². The van der Waals surface area contributed by atoms with Crippen molar-refractivity contribution in [2.24, 2.45) is 5.92 Å². The molecule has 0 N–H and O–H groups in total. The number of fused-ring (bicyclic) bond motifs is 2. The molecule has 2 aromatic heterocycles. The van der Waals surface area contributed by atoms with E-state index >= 15 is 0 Å². The quantitative estimate of drug-likeness (QED) is 0.696. The maximum absolute atomic E-state index is 13.0. The van der Waals surface area contributed by atoms with E-state index in [1.807, 2.05) is 6.07 Å². The third-order valence-corrected chi connectivity index (χ3v) is 8.51. The highest BCUT2D eigenvalue weighted by atomic mass is 16.2. The summed E-state index contributed by atoms with van der Waals surface area (Å²) in [5, 5.41) is 9.39. The van der Waals surface area contributed by atoms with Crippen molar-refractivity contribution < 1.29 is 4.79 Å². The second-order valence-corrected chi connectivity index (χ2v) is 10.6. The van der Waals surface area contributed by atoms with E-state index < -0.39 is 0 Å². The maximum atomic E-state index is 13.0. The lowest BCUT2D eigenvalue weighted by molar-refractivity contribution is -0.141. The van der Waals surface area contributed by atoms with Crippen molar-refractivity contribution in [2.45, 2.75) is 69.9 Å². The highest BCUT2D eigenvalue weighted by Gasteiger charge is 2.52. The Morgan fingerprint density at radius 3 is 2.56 bits per heavy atom. The molecule has 0 bridgehead atoms. The number of piperazine rings is 1. The van der Waals surface area contributed by atoms with E-state index in [1.54, 1.807) is 18.6 Å². The summed E-state index contributed by atoms with van der Waals surface area (Å²) in [6, 6.07) is 6.14. The third kappa shape index (κ3) is 3.17. The summed E-state index contributed by atoms with van der Waals surface area (Å²) in [7, 11) is 0. The molecule has 2 atom stereocenters. The van der Waals surface area contributed by atoms with Crippen LogP contribution in [0.2, 0.25) is 0 Å². The fraction of sp³-hybridized carbons (Fsp3) is 0.577. The Morgan fingerprint density at radius 1 is 1.09 bits per heavy atom. The van der Waals surface area contributed by atoms with Gasteiger partial charge in [-0.05, 0) is 51.7 Å². The molecule has 2 aliphatic carbocycles. The molecule has 2 aliphatic heterocycles. The zero-order valence-corrected chi connectivity index (χ0v) is 19.9. The van der Waals surface area contributed by atoms with E-state index in [0.29, 0.717) is 11.5 Å². The van der Waals surface area contributed by atoms with Gasteiger partial charge in [0.15, 0.2) is 0 Å². The first-order chi connectivity index (χ1) is 16.5. The van der Waals surface area contributed by atoms with E-state index in [2.05, 4.69) is 39.6 Å². The monoisotopic (exact) mass is 457 g/mol. The molecular weight excluding hydrogens is 426 g/mol. The number of carbonyl (C=O) groups is 1. The Hall–Kier alpha value is -3.21. The van der Waals surface area contributed by atoms with E-state index in [0.717, 1.165) is 62.8 Å². The van der Waals surface area contributed by atoms with Crippen LogP contribution in [0.4, 0.5) is 17.5 Å². The number of aromatic nitrogens is 3. The molecule has 1 spiro atoms. The molecule has 1 saturated heterocycles. The standard InChI is InChI=1S/C26H31N7O/c1-17-14-32(25(34)20-5-3-6-20)18(2)13-31(17)23-22-24(30-16-29-23)33(15-26(22)8-4-9-26)21-11-19(12-27)7-10-28-21/h7,10-11,16-18,20H,3-6,8-9,13-15H2,1-2H3/t17-,18-/m0/s1. The fourth-order valence-corrected chi connectivity index (χ4v) is 6.18. The van der Waals surface area contributed by atoms with Crippen molar-refractivity contribution in [3.05, 3.63) is 35.8 Å². The summed E-state index contributed by atoms with van der Waals surface area (Å²) >= 11 is 0. The van der Waals surface area contributed by atoms with Crippen LogP contribution in [0.25, 0.3) is 0 Å². The molecule has 6 rings (SSSR count). The van der Waals surface area contributed by atoms with Gasteiger partial charge in [0.1, 0.15) is 23.8 Å². The van der Waals surface area contributed by atoms with Crippen LogP contribution in [0.3, 0.4) is 0 Å². The lowest BCUT2D eigenvalue weighted by Gasteiger charge is -2.48. The topological polar surface area (TPSA) is 89.2 Å². The molecule has 3 fully saturated rings. The Labute approximate surface area is 200 Å². The highest BCUT2D eigenvalue weighted by molar-refractivity contribution is 5.81. The number of nitriles is 1. The van der Waals surface area contributed by atoms with Crippen molar-refractivity contribution >= 4 is 23.4 Å². The number of anilines is 3. The van der Waals surface area contributed by atoms with E-state index in [9.17, 15) is 10.1 Å². The van der Waals surface area contributed by atoms with Crippen LogP contribution in [-0.2, 0) is 10.2 Å². The molecule has 2 saturated carbocycles. The molecule has 4 aliphatic rings. The minimum absolute atomic E-state index is 0.0259. The summed E-state index contributed by atoms with van der Waals surface area (Å²) in [6.07, 6.45) is 10.0. The zero-order valence-electron chi connectivity index (χ0n) is 19.9. The van der Waals surface area contributed by atoms with Gasteiger partial charge in [0.2, 0.25) is 5.91 Å². The summed E-state index contributed by atoms with van der Waals surface area (Å²) in [6.45, 7) is 6.71. The number of nitrogens with zero attached hydrogens (tertiary/aromatic N) is 7. The van der Waals surface area contributed by atoms with E-state index in [4.69, 9.17) is 9.97 Å². The van der Waals surface area contributed by atoms with Crippen LogP contribution >= 0.6 is 0 Å². The van der Waals surface area contributed by atoms with Gasteiger partial charge in [-0.3, -0.25) is 4.79 Å². The Morgan fingerprint density at radius 2 is 1.88 bits per heavy atom. The number of carbonyl (C=O) groups excluding carboxylic acids is 1. The summed E-state index contributed by atoms with van der Waals surface area (Å²) in [5.74, 6) is 3.26. The number of hydrogen-bond donors (Lipinski definition) is 0. The van der Waals surface area contributed by atoms with E-state index in [1.165, 1.54) is 18.4 Å². The second-order valence-electron chi connectivity index (χ2n) is 10.6. The van der Waals surface area contributed by atoms with Crippen molar-refractivity contribution in [1.29, 1.82) is 5.26 Å². The first-order valence-electron chi connectivity index (χ1n) is 12.6. The van der Waals surface area contributed by atoms with Gasteiger partial charge in [0.05, 0.1) is 11.6 Å². The lowest BCUT2D eigenvalue weighted by Crippen LogP contribution is -2.60. The third-order valence-electron chi connectivity index (χ3n) is 8.51. The van der Waals surface area contributed by atoms with Crippen molar-refractivity contribution in [2.75, 3.05) is 29.4 Å². The fourth-order valence-electron chi connectivity index (χ4n) is 6.18. The summed E-state index contributed by atoms with van der Waals surface area (Å²) in [4.78, 5) is 33.9. The van der Waals surface area contributed by atoms with Crippen LogP contribution in [0, 0.1) is 17.2 Å². The molecule has 2 aromatic rings. The van der Waals surface area contributed by atoms with Crippen LogP contribution in [0.1, 0.15) is 63.5 Å². The predicted octanol–water partition coefficient (Wildman–Crippen LogP) is 3.54. The van der Waals surface area contributed by atoms with Gasteiger partial charge in [0.25, 0.3) is 0 Å². The molecule has 34 heavy (non-hydrogen) atoms. The number of hydrogen-bond acceptors (Lipinski definition) is 7. The smallest absolute Gasteiger partial charge is 0.226 e. The molecule has 1 amide bonds. The number of amides is 1. The minimum Gasteiger partial charge on any atom is -0.350 e. The summed E-state index contributed by atoms with van der Waals surface area (Å²) in [5.41, 5.74) is 1.85. The Kier molecular flexibility index (Phi) is 4.98. The van der Waals surface area contributed by atoms with E-state index in [-0.39, 0.29) is 23.4 Å². The average molecular weight is 458 g/mol. The van der Waals surface area contributed by atoms with Crippen LogP contribution in [-0.4, -0.2) is 57.5 Å². The molecule has 0 radical (unpaired) electrons. The molecule has 0 unspecified atom stereocenters. The predicted molar refractivity (Wildman–Crippen MR) is 129 cm³/mol. The second kappa shape index (κ2) is 7.93. The number of rotatable bonds is 3. The van der Waals surface area contributed by atoms with Crippen LogP contribution < -0.4 is 9.80 Å². The van der Waals surface area contributed by atoms with Crippen molar-refractivity contribution in [1.82, 2.24) is 19.9 Å². The van der Waals surface area contributed by atoms with Crippen LogP contribution in [0.15, 0.2) is 24.7 Å². The largest absolute Gasteiger partial charge is 0.350 e. The summed E-state index contributed by atoms with van der Waals surface area (Å²) < 4.78 is 0. The molecular formula is C26H31N7O. The maximum Gasteiger partial charge on any atom is 0.226 e. The molecule has 8 heteroatoms. The molecule has 176 valence electrons. The van der Waals surface area contributed by atoms with Gasteiger partial charge >= 0.3 is 0 Å². The van der Waals surface area contributed by atoms with Crippen molar-refractivity contribution in [3.8, 4) is 6.07 Å². The number of pyridine rings is 1. The lowest BCUT2D eigenvalue weighted by atomic mass is 9.66. The first kappa shape index (κ1) is 21.3. The van der Waals surface area contributed by atoms with Crippen molar-refractivity contribution in [3.63, 3.8) is 0 Å². The Bertz CT molecular complexity index is 1170. The normalized spacial score (nSPS) is 25.5. The van der Waals surface area contributed by atoms with Gasteiger partial charge in [-0.15, -0.1) is 0 Å². The van der Waals surface area contributed by atoms with Gasteiger partial charge < -0.3 is 14.7 Å². The Balaban J connectivity index is 1.35. The molecule has 0 aromatic carbocycles. The van der Waals surface area contributed by atoms with Gasteiger partial charge in [-0.2, -0.15) is 5.26 Å². The van der Waals surface area contributed by atoms with Gasteiger partial charge in [0, 0.05) is 54.8 Å². The van der Waals surface area contributed by atoms with Gasteiger partial charge in [-0.1, -0.05) is 12.8 Å².